The largest absolute Gasteiger partial charge is 0.368 e. The van der Waals surface area contributed by atoms with Crippen molar-refractivity contribution in [1.29, 1.82) is 0 Å². The van der Waals surface area contributed by atoms with E-state index in [1.807, 2.05) is 29.2 Å². The van der Waals surface area contributed by atoms with E-state index in [0.717, 1.165) is 18.8 Å². The Kier molecular flexibility index (Phi) is 3.89. The molecule has 3 aromatic rings. The van der Waals surface area contributed by atoms with Gasteiger partial charge in [0, 0.05) is 36.9 Å². The second-order valence-electron chi connectivity index (χ2n) is 5.78. The lowest BCUT2D eigenvalue weighted by Crippen LogP contribution is -2.46. The van der Waals surface area contributed by atoms with Crippen LogP contribution in [0.25, 0.3) is 11.0 Å². The highest BCUT2D eigenvalue weighted by molar-refractivity contribution is 6.30. The van der Waals surface area contributed by atoms with Crippen molar-refractivity contribution in [2.45, 2.75) is 0 Å². The Labute approximate surface area is 147 Å². The van der Waals surface area contributed by atoms with Crippen molar-refractivity contribution in [2.24, 2.45) is 0 Å². The highest BCUT2D eigenvalue weighted by Crippen LogP contribution is 2.35. The summed E-state index contributed by atoms with van der Waals surface area (Å²) in [6.07, 6.45) is 0. The summed E-state index contributed by atoms with van der Waals surface area (Å²) in [5, 5.41) is 19.6. The van der Waals surface area contributed by atoms with Crippen LogP contribution in [0.4, 0.5) is 17.1 Å². The molecule has 8 nitrogen and oxygen atoms in total. The van der Waals surface area contributed by atoms with Crippen LogP contribution in [0.1, 0.15) is 0 Å². The zero-order valence-corrected chi connectivity index (χ0v) is 13.9. The first-order valence-electron chi connectivity index (χ1n) is 7.78. The number of benzene rings is 2. The van der Waals surface area contributed by atoms with Crippen molar-refractivity contribution in [3.05, 3.63) is 51.5 Å². The lowest BCUT2D eigenvalue weighted by atomic mass is 10.1. The van der Waals surface area contributed by atoms with Crippen molar-refractivity contribution in [3.63, 3.8) is 0 Å². The van der Waals surface area contributed by atoms with Crippen molar-refractivity contribution < 1.29 is 9.55 Å². The smallest absolute Gasteiger partial charge is 0.323 e. The third-order valence-electron chi connectivity index (χ3n) is 4.36. The highest BCUT2D eigenvalue weighted by Gasteiger charge is 2.28. The molecule has 1 aliphatic rings. The van der Waals surface area contributed by atoms with Crippen LogP contribution in [0.5, 0.6) is 0 Å². The van der Waals surface area contributed by atoms with Gasteiger partial charge in [-0.2, -0.15) is 0 Å². The van der Waals surface area contributed by atoms with Crippen LogP contribution in [0, 0.1) is 10.1 Å². The number of nitro groups is 1. The third kappa shape index (κ3) is 2.85. The van der Waals surface area contributed by atoms with Crippen LogP contribution in [0.15, 0.2) is 41.0 Å². The maximum absolute atomic E-state index is 11.5. The number of piperazine rings is 1. The molecule has 0 N–H and O–H groups in total. The number of fused-ring (bicyclic) bond motifs is 1. The molecule has 0 unspecified atom stereocenters. The highest BCUT2D eigenvalue weighted by atomic mass is 35.5. The second kappa shape index (κ2) is 6.21. The molecule has 1 saturated heterocycles. The van der Waals surface area contributed by atoms with E-state index >= 15 is 0 Å². The minimum atomic E-state index is -0.425. The van der Waals surface area contributed by atoms with E-state index in [-0.39, 0.29) is 11.2 Å². The van der Waals surface area contributed by atoms with Gasteiger partial charge in [-0.15, -0.1) is 0 Å². The Balaban J connectivity index is 1.59. The quantitative estimate of drug-likeness (QED) is 0.524. The molecule has 0 atom stereocenters. The predicted molar refractivity (Wildman–Crippen MR) is 94.3 cm³/mol. The Morgan fingerprint density at radius 1 is 1.08 bits per heavy atom. The van der Waals surface area contributed by atoms with Crippen LogP contribution in [-0.2, 0) is 0 Å². The third-order valence-corrected chi connectivity index (χ3v) is 4.59. The molecule has 2 aromatic carbocycles. The van der Waals surface area contributed by atoms with E-state index in [9.17, 15) is 10.1 Å². The van der Waals surface area contributed by atoms with E-state index in [1.165, 1.54) is 0 Å². The SMILES string of the molecule is O=[N+]([O-])c1c(N2CCN(c3cccc(Cl)c3)CC2)ccc2nonc12. The molecule has 1 fully saturated rings. The van der Waals surface area contributed by atoms with Crippen LogP contribution in [0.3, 0.4) is 0 Å². The molecule has 4 rings (SSSR count). The Morgan fingerprint density at radius 2 is 1.84 bits per heavy atom. The fourth-order valence-electron chi connectivity index (χ4n) is 3.14. The monoisotopic (exact) mass is 359 g/mol. The van der Waals surface area contributed by atoms with Gasteiger partial charge < -0.3 is 9.80 Å². The lowest BCUT2D eigenvalue weighted by molar-refractivity contribution is -0.382. The number of hydrogen-bond acceptors (Lipinski definition) is 7. The van der Waals surface area contributed by atoms with Crippen LogP contribution in [-0.4, -0.2) is 41.4 Å². The molecule has 0 amide bonds. The average Bonchev–Trinajstić information content (AvgIpc) is 3.09. The molecule has 0 spiro atoms. The zero-order valence-electron chi connectivity index (χ0n) is 13.1. The minimum absolute atomic E-state index is 0.0602. The van der Waals surface area contributed by atoms with E-state index in [2.05, 4.69) is 19.8 Å². The number of nitro benzene ring substituents is 1. The summed E-state index contributed by atoms with van der Waals surface area (Å²) in [6.45, 7) is 2.80. The number of hydrogen-bond donors (Lipinski definition) is 0. The van der Waals surface area contributed by atoms with Crippen molar-refractivity contribution in [2.75, 3.05) is 36.0 Å². The van der Waals surface area contributed by atoms with Gasteiger partial charge in [-0.25, -0.2) is 4.63 Å². The summed E-state index contributed by atoms with van der Waals surface area (Å²) in [5.74, 6) is 0. The topological polar surface area (TPSA) is 88.5 Å². The molecule has 1 aliphatic heterocycles. The number of nitrogens with zero attached hydrogens (tertiary/aromatic N) is 5. The molecule has 25 heavy (non-hydrogen) atoms. The van der Waals surface area contributed by atoms with Gasteiger partial charge in [-0.05, 0) is 40.6 Å². The first-order chi connectivity index (χ1) is 12.1. The maximum atomic E-state index is 11.5. The van der Waals surface area contributed by atoms with Crippen LogP contribution >= 0.6 is 11.6 Å². The summed E-state index contributed by atoms with van der Waals surface area (Å²) in [7, 11) is 0. The minimum Gasteiger partial charge on any atom is -0.368 e. The van der Waals surface area contributed by atoms with Crippen molar-refractivity contribution >= 4 is 39.7 Å². The van der Waals surface area contributed by atoms with Crippen LogP contribution < -0.4 is 9.80 Å². The van der Waals surface area contributed by atoms with Crippen LogP contribution in [0.2, 0.25) is 5.02 Å². The van der Waals surface area contributed by atoms with Gasteiger partial charge in [-0.1, -0.05) is 17.7 Å². The van der Waals surface area contributed by atoms with E-state index in [0.29, 0.717) is 29.3 Å². The molecule has 128 valence electrons. The standard InChI is InChI=1S/C16H14ClN5O3/c17-11-2-1-3-12(10-11)20-6-8-21(9-7-20)14-5-4-13-15(19-25-18-13)16(14)22(23)24/h1-5,10H,6-9H2. The molecule has 0 saturated carbocycles. The summed E-state index contributed by atoms with van der Waals surface area (Å²) in [6, 6.07) is 11.1. The first-order valence-corrected chi connectivity index (χ1v) is 8.16. The van der Waals surface area contributed by atoms with Crippen molar-refractivity contribution in [3.8, 4) is 0 Å². The lowest BCUT2D eigenvalue weighted by Gasteiger charge is -2.37. The van der Waals surface area contributed by atoms with Crippen molar-refractivity contribution in [1.82, 2.24) is 10.3 Å². The second-order valence-corrected chi connectivity index (χ2v) is 6.21. The molecule has 0 radical (unpaired) electrons. The summed E-state index contributed by atoms with van der Waals surface area (Å²) >= 11 is 6.06. The molecular formula is C16H14ClN5O3. The van der Waals surface area contributed by atoms with Gasteiger partial charge in [-0.3, -0.25) is 10.1 Å². The summed E-state index contributed by atoms with van der Waals surface area (Å²) in [5.41, 5.74) is 2.10. The van der Waals surface area contributed by atoms with Gasteiger partial charge in [0.05, 0.1) is 4.92 Å². The summed E-state index contributed by atoms with van der Waals surface area (Å²) in [4.78, 5) is 15.3. The normalized spacial score (nSPS) is 14.9. The Bertz CT molecular complexity index is 936. The van der Waals surface area contributed by atoms with Gasteiger partial charge in [0.2, 0.25) is 5.52 Å². The maximum Gasteiger partial charge on any atom is 0.323 e. The molecule has 2 heterocycles. The van der Waals surface area contributed by atoms with E-state index in [4.69, 9.17) is 11.6 Å². The molecule has 0 aliphatic carbocycles. The summed E-state index contributed by atoms with van der Waals surface area (Å²) < 4.78 is 4.64. The number of aromatic nitrogens is 2. The fourth-order valence-corrected chi connectivity index (χ4v) is 3.33. The molecule has 0 bridgehead atoms. The molecule has 9 heteroatoms. The molecule has 1 aromatic heterocycles. The van der Waals surface area contributed by atoms with E-state index in [1.54, 1.807) is 12.1 Å². The number of halogens is 1. The van der Waals surface area contributed by atoms with Gasteiger partial charge in [0.25, 0.3) is 0 Å². The van der Waals surface area contributed by atoms with Gasteiger partial charge >= 0.3 is 5.69 Å². The first kappa shape index (κ1) is 15.6. The fraction of sp³-hybridized carbons (Fsp3) is 0.250. The Hall–Kier alpha value is -2.87. The predicted octanol–water partition coefficient (Wildman–Crippen LogP) is 3.11. The van der Waals surface area contributed by atoms with E-state index < -0.39 is 4.92 Å². The molecular weight excluding hydrogens is 346 g/mol. The number of anilines is 2. The Morgan fingerprint density at radius 3 is 2.56 bits per heavy atom. The average molecular weight is 360 g/mol. The zero-order chi connectivity index (χ0) is 17.4. The van der Waals surface area contributed by atoms with Gasteiger partial charge in [0.15, 0.2) is 0 Å². The number of rotatable bonds is 3. The van der Waals surface area contributed by atoms with Gasteiger partial charge in [0.1, 0.15) is 11.2 Å².